The molecule has 1 aliphatic rings. The number of nitrogens with zero attached hydrogens (tertiary/aromatic N) is 1. The average Bonchev–Trinajstić information content (AvgIpc) is 2.46. The summed E-state index contributed by atoms with van der Waals surface area (Å²) in [7, 11) is 0. The molecule has 0 spiro atoms. The lowest BCUT2D eigenvalue weighted by Crippen LogP contribution is -2.42. The second-order valence-electron chi connectivity index (χ2n) is 6.50. The van der Waals surface area contributed by atoms with Crippen molar-refractivity contribution in [3.63, 3.8) is 0 Å². The van der Waals surface area contributed by atoms with Crippen LogP contribution in [0.4, 0.5) is 0 Å². The van der Waals surface area contributed by atoms with Crippen LogP contribution in [-0.2, 0) is 4.79 Å². The summed E-state index contributed by atoms with van der Waals surface area (Å²) in [6, 6.07) is 6.35. The first-order valence-electron chi connectivity index (χ1n) is 8.20. The first-order chi connectivity index (χ1) is 10.5. The number of benzene rings is 1. The van der Waals surface area contributed by atoms with Crippen LogP contribution in [0, 0.1) is 19.8 Å². The zero-order chi connectivity index (χ0) is 16.1. The third-order valence-corrected chi connectivity index (χ3v) is 4.42. The highest BCUT2D eigenvalue weighted by Crippen LogP contribution is 2.20. The molecule has 0 aromatic heterocycles. The molecule has 0 aliphatic carbocycles. The lowest BCUT2D eigenvalue weighted by molar-refractivity contribution is -0.133. The molecule has 1 amide bonds. The lowest BCUT2D eigenvalue weighted by Gasteiger charge is -2.33. The van der Waals surface area contributed by atoms with Gasteiger partial charge in [-0.2, -0.15) is 0 Å². The lowest BCUT2D eigenvalue weighted by atomic mass is 9.91. The van der Waals surface area contributed by atoms with Crippen molar-refractivity contribution in [3.8, 4) is 5.75 Å². The van der Waals surface area contributed by atoms with Gasteiger partial charge in [0.05, 0.1) is 13.0 Å². The standard InChI is InChI=1S/C18H28N2O2.ClH/c1-13-10-14(2)12-17(11-13)22-9-6-18(21)20-7-4-16(5-8-20)15(3)19;/h10-12,15-16H,4-9,19H2,1-3H3;1H. The predicted octanol–water partition coefficient (Wildman–Crippen LogP) is 3.08. The Morgan fingerprint density at radius 2 is 1.83 bits per heavy atom. The predicted molar refractivity (Wildman–Crippen MR) is 96.2 cm³/mol. The molecule has 1 unspecified atom stereocenters. The molecule has 1 aliphatic heterocycles. The second kappa shape index (κ2) is 9.14. The van der Waals surface area contributed by atoms with Gasteiger partial charge in [0, 0.05) is 19.1 Å². The Balaban J connectivity index is 0.00000264. The number of carbonyl (C=O) groups is 1. The van der Waals surface area contributed by atoms with Crippen molar-refractivity contribution in [2.75, 3.05) is 19.7 Å². The van der Waals surface area contributed by atoms with Gasteiger partial charge in [0.15, 0.2) is 0 Å². The zero-order valence-corrected chi connectivity index (χ0v) is 15.2. The van der Waals surface area contributed by atoms with Crippen LogP contribution < -0.4 is 10.5 Å². The summed E-state index contributed by atoms with van der Waals surface area (Å²) < 4.78 is 5.72. The molecule has 0 radical (unpaired) electrons. The number of nitrogens with two attached hydrogens (primary N) is 1. The maximum absolute atomic E-state index is 12.2. The van der Waals surface area contributed by atoms with Gasteiger partial charge in [-0.05, 0) is 62.8 Å². The SMILES string of the molecule is Cc1cc(C)cc(OCCC(=O)N2CCC(C(C)N)CC2)c1.Cl. The molecule has 1 atom stereocenters. The third kappa shape index (κ3) is 6.04. The Labute approximate surface area is 145 Å². The van der Waals surface area contributed by atoms with Gasteiger partial charge in [-0.25, -0.2) is 0 Å². The van der Waals surface area contributed by atoms with E-state index < -0.39 is 0 Å². The van der Waals surface area contributed by atoms with Crippen LogP contribution in [0.3, 0.4) is 0 Å². The Morgan fingerprint density at radius 1 is 1.26 bits per heavy atom. The topological polar surface area (TPSA) is 55.6 Å². The molecule has 1 saturated heterocycles. The fourth-order valence-corrected chi connectivity index (χ4v) is 3.11. The molecule has 2 rings (SSSR count). The molecule has 1 aromatic carbocycles. The van der Waals surface area contributed by atoms with Crippen molar-refractivity contribution >= 4 is 18.3 Å². The van der Waals surface area contributed by atoms with Crippen molar-refractivity contribution in [1.82, 2.24) is 4.90 Å². The minimum atomic E-state index is 0. The van der Waals surface area contributed by atoms with E-state index in [0.717, 1.165) is 31.7 Å². The van der Waals surface area contributed by atoms with Gasteiger partial charge in [0.25, 0.3) is 0 Å². The summed E-state index contributed by atoms with van der Waals surface area (Å²) in [6.45, 7) is 8.25. The third-order valence-electron chi connectivity index (χ3n) is 4.42. The smallest absolute Gasteiger partial charge is 0.225 e. The summed E-state index contributed by atoms with van der Waals surface area (Å²) in [5, 5.41) is 0. The maximum Gasteiger partial charge on any atom is 0.225 e. The van der Waals surface area contributed by atoms with Gasteiger partial charge in [0.1, 0.15) is 5.75 Å². The van der Waals surface area contributed by atoms with Crippen LogP contribution in [0.2, 0.25) is 0 Å². The average molecular weight is 341 g/mol. The second-order valence-corrected chi connectivity index (χ2v) is 6.50. The van der Waals surface area contributed by atoms with Crippen LogP contribution in [0.1, 0.15) is 37.3 Å². The van der Waals surface area contributed by atoms with Gasteiger partial charge < -0.3 is 15.4 Å². The number of hydrogen-bond donors (Lipinski definition) is 1. The highest BCUT2D eigenvalue weighted by atomic mass is 35.5. The Kier molecular flexibility index (Phi) is 7.86. The number of halogens is 1. The van der Waals surface area contributed by atoms with Crippen LogP contribution >= 0.6 is 12.4 Å². The molecule has 1 aromatic rings. The van der Waals surface area contributed by atoms with Gasteiger partial charge in [-0.15, -0.1) is 12.4 Å². The molecule has 23 heavy (non-hydrogen) atoms. The molecule has 0 saturated carbocycles. The van der Waals surface area contributed by atoms with E-state index >= 15 is 0 Å². The van der Waals surface area contributed by atoms with Gasteiger partial charge >= 0.3 is 0 Å². The van der Waals surface area contributed by atoms with Gasteiger partial charge in [-0.1, -0.05) is 6.07 Å². The largest absolute Gasteiger partial charge is 0.493 e. The number of amides is 1. The highest BCUT2D eigenvalue weighted by molar-refractivity contribution is 5.85. The number of ether oxygens (including phenoxy) is 1. The highest BCUT2D eigenvalue weighted by Gasteiger charge is 2.24. The Morgan fingerprint density at radius 3 is 2.35 bits per heavy atom. The summed E-state index contributed by atoms with van der Waals surface area (Å²) >= 11 is 0. The van der Waals surface area contributed by atoms with E-state index in [2.05, 4.69) is 13.0 Å². The fourth-order valence-electron chi connectivity index (χ4n) is 3.11. The van der Waals surface area contributed by atoms with Gasteiger partial charge in [0.2, 0.25) is 5.91 Å². The normalized spacial score (nSPS) is 16.6. The van der Waals surface area contributed by atoms with Crippen molar-refractivity contribution in [1.29, 1.82) is 0 Å². The fraction of sp³-hybridized carbons (Fsp3) is 0.611. The molecule has 2 N–H and O–H groups in total. The summed E-state index contributed by atoms with van der Waals surface area (Å²) in [6.07, 6.45) is 2.47. The van der Waals surface area contributed by atoms with Crippen molar-refractivity contribution in [2.24, 2.45) is 11.7 Å². The molecule has 130 valence electrons. The summed E-state index contributed by atoms with van der Waals surface area (Å²) in [4.78, 5) is 14.2. The van der Waals surface area contributed by atoms with E-state index in [1.54, 1.807) is 0 Å². The van der Waals surface area contributed by atoms with Crippen LogP contribution in [-0.4, -0.2) is 36.5 Å². The monoisotopic (exact) mass is 340 g/mol. The first kappa shape index (κ1) is 19.8. The van der Waals surface area contributed by atoms with E-state index in [-0.39, 0.29) is 24.4 Å². The van der Waals surface area contributed by atoms with Gasteiger partial charge in [-0.3, -0.25) is 4.79 Å². The molecular formula is C18H29ClN2O2. The molecule has 0 bridgehead atoms. The first-order valence-corrected chi connectivity index (χ1v) is 8.20. The Bertz CT molecular complexity index is 491. The molecule has 5 heteroatoms. The quantitative estimate of drug-likeness (QED) is 0.896. The van der Waals surface area contributed by atoms with E-state index in [1.807, 2.05) is 30.9 Å². The number of carbonyl (C=O) groups excluding carboxylic acids is 1. The number of rotatable bonds is 5. The van der Waals surface area contributed by atoms with Crippen LogP contribution in [0.5, 0.6) is 5.75 Å². The number of likely N-dealkylation sites (tertiary alicyclic amines) is 1. The van der Waals surface area contributed by atoms with Crippen LogP contribution in [0.25, 0.3) is 0 Å². The Hall–Kier alpha value is -1.26. The minimum Gasteiger partial charge on any atom is -0.493 e. The summed E-state index contributed by atoms with van der Waals surface area (Å²) in [5.74, 6) is 1.59. The van der Waals surface area contributed by atoms with Crippen LogP contribution in [0.15, 0.2) is 18.2 Å². The molecule has 1 heterocycles. The molecule has 4 nitrogen and oxygen atoms in total. The van der Waals surface area contributed by atoms with E-state index in [9.17, 15) is 4.79 Å². The molecule has 1 fully saturated rings. The number of aryl methyl sites for hydroxylation is 2. The number of hydrogen-bond acceptors (Lipinski definition) is 3. The van der Waals surface area contributed by atoms with E-state index in [4.69, 9.17) is 10.5 Å². The van der Waals surface area contributed by atoms with Crippen molar-refractivity contribution < 1.29 is 9.53 Å². The molecular weight excluding hydrogens is 312 g/mol. The van der Waals surface area contributed by atoms with E-state index in [1.165, 1.54) is 11.1 Å². The number of piperidine rings is 1. The minimum absolute atomic E-state index is 0. The maximum atomic E-state index is 12.2. The van der Waals surface area contributed by atoms with Crippen molar-refractivity contribution in [2.45, 2.75) is 46.1 Å². The summed E-state index contributed by atoms with van der Waals surface area (Å²) in [5.41, 5.74) is 8.29. The van der Waals surface area contributed by atoms with Crippen molar-refractivity contribution in [3.05, 3.63) is 29.3 Å². The van der Waals surface area contributed by atoms with E-state index in [0.29, 0.717) is 18.9 Å². The zero-order valence-electron chi connectivity index (χ0n) is 14.4.